The molecule has 0 bridgehead atoms. The molecule has 2 aliphatic rings. The predicted octanol–water partition coefficient (Wildman–Crippen LogP) is 5.17. The number of aliphatic hydroxyl groups excluding tert-OH is 2. The minimum Gasteiger partial charge on any atom is -0.497 e. The van der Waals surface area contributed by atoms with Crippen molar-refractivity contribution in [3.05, 3.63) is 65.1 Å². The van der Waals surface area contributed by atoms with Crippen LogP contribution in [0.2, 0.25) is 0 Å². The van der Waals surface area contributed by atoms with Crippen LogP contribution in [-0.4, -0.2) is 90.4 Å². The lowest BCUT2D eigenvalue weighted by Gasteiger charge is -2.41. The maximum atomic E-state index is 13.5. The summed E-state index contributed by atoms with van der Waals surface area (Å²) in [7, 11) is 1.63. The number of halogens is 3. The number of hydrogen-bond acceptors (Lipinski definition) is 8. The lowest BCUT2D eigenvalue weighted by atomic mass is 9.74. The molecule has 1 aromatic heterocycles. The Morgan fingerprint density at radius 1 is 1.05 bits per heavy atom. The summed E-state index contributed by atoms with van der Waals surface area (Å²) >= 11 is 1.29. The summed E-state index contributed by atoms with van der Waals surface area (Å²) in [6.45, 7) is 6.01. The lowest BCUT2D eigenvalue weighted by molar-refractivity contribution is 0.0245. The SMILES string of the molecule is COc1ccc2ncc(CN3CCOCC3)c(C(O)CCC3(CO)CCN(CCSc4cc(F)c(F)c(F)c4)CC3)c2c1. The number of likely N-dealkylation sites (tertiary alicyclic amines) is 1. The number of piperidine rings is 1. The molecule has 0 amide bonds. The first-order valence-electron chi connectivity index (χ1n) is 14.8. The van der Waals surface area contributed by atoms with Gasteiger partial charge < -0.3 is 24.6 Å². The van der Waals surface area contributed by atoms with Gasteiger partial charge >= 0.3 is 0 Å². The van der Waals surface area contributed by atoms with Crippen LogP contribution >= 0.6 is 11.8 Å². The van der Waals surface area contributed by atoms with Crippen LogP contribution in [0.1, 0.15) is 42.9 Å². The molecule has 3 heterocycles. The molecule has 2 aromatic carbocycles. The van der Waals surface area contributed by atoms with E-state index in [1.54, 1.807) is 7.11 Å². The van der Waals surface area contributed by atoms with Gasteiger partial charge in [-0.1, -0.05) is 0 Å². The van der Waals surface area contributed by atoms with Crippen molar-refractivity contribution in [2.75, 3.05) is 65.4 Å². The van der Waals surface area contributed by atoms with Gasteiger partial charge in [0.2, 0.25) is 0 Å². The first kappa shape index (κ1) is 32.0. The van der Waals surface area contributed by atoms with Gasteiger partial charge in [-0.15, -0.1) is 11.8 Å². The number of ether oxygens (including phenoxy) is 2. The molecule has 3 aromatic rings. The highest BCUT2D eigenvalue weighted by Crippen LogP contribution is 2.40. The molecule has 234 valence electrons. The monoisotopic (exact) mass is 619 g/mol. The number of pyridine rings is 1. The Morgan fingerprint density at radius 3 is 2.44 bits per heavy atom. The van der Waals surface area contributed by atoms with Crippen LogP contribution in [0.15, 0.2) is 41.4 Å². The Balaban J connectivity index is 1.22. The molecule has 0 saturated carbocycles. The highest BCUT2D eigenvalue weighted by molar-refractivity contribution is 7.99. The standard InChI is InChI=1S/C32H40F3N3O4S/c1-41-23-2-3-28-25(16-23)30(22(19-36-28)20-38-10-13-42-14-11-38)29(40)4-5-32(21-39)6-8-37(9-7-32)12-15-43-24-17-26(33)31(35)27(34)18-24/h2-3,16-19,29,39-40H,4-15,20-21H2,1H3. The Labute approximate surface area is 255 Å². The second-order valence-electron chi connectivity index (χ2n) is 11.6. The van der Waals surface area contributed by atoms with Crippen LogP contribution in [0.3, 0.4) is 0 Å². The summed E-state index contributed by atoms with van der Waals surface area (Å²) in [5.74, 6) is -2.49. The first-order chi connectivity index (χ1) is 20.8. The minimum atomic E-state index is -1.45. The molecule has 2 N–H and O–H groups in total. The predicted molar refractivity (Wildman–Crippen MR) is 161 cm³/mol. The van der Waals surface area contributed by atoms with E-state index in [0.717, 1.165) is 73.2 Å². The van der Waals surface area contributed by atoms with E-state index in [2.05, 4.69) is 14.8 Å². The zero-order valence-electron chi connectivity index (χ0n) is 24.5. The van der Waals surface area contributed by atoms with Gasteiger partial charge in [0.15, 0.2) is 17.5 Å². The normalized spacial score (nSPS) is 18.7. The van der Waals surface area contributed by atoms with Gasteiger partial charge in [0.05, 0.1) is 31.9 Å². The molecular formula is C32H40F3N3O4S. The van der Waals surface area contributed by atoms with Gasteiger partial charge in [-0.3, -0.25) is 9.88 Å². The van der Waals surface area contributed by atoms with Gasteiger partial charge in [0, 0.05) is 55.0 Å². The molecule has 2 fully saturated rings. The first-order valence-corrected chi connectivity index (χ1v) is 15.8. The molecule has 2 aliphatic heterocycles. The molecule has 7 nitrogen and oxygen atoms in total. The summed E-state index contributed by atoms with van der Waals surface area (Å²) in [6.07, 6.45) is 3.88. The number of hydrogen-bond donors (Lipinski definition) is 2. The van der Waals surface area contributed by atoms with Crippen molar-refractivity contribution in [2.45, 2.75) is 43.2 Å². The van der Waals surface area contributed by atoms with Crippen molar-refractivity contribution in [1.29, 1.82) is 0 Å². The van der Waals surface area contributed by atoms with E-state index >= 15 is 0 Å². The second-order valence-corrected chi connectivity index (χ2v) is 12.7. The van der Waals surface area contributed by atoms with Gasteiger partial charge in [-0.05, 0) is 85.6 Å². The Bertz CT molecular complexity index is 1360. The zero-order chi connectivity index (χ0) is 30.4. The second kappa shape index (κ2) is 14.6. The fourth-order valence-electron chi connectivity index (χ4n) is 6.11. The molecule has 0 radical (unpaired) electrons. The van der Waals surface area contributed by atoms with Crippen molar-refractivity contribution in [1.82, 2.24) is 14.8 Å². The fourth-order valence-corrected chi connectivity index (χ4v) is 7.07. The van der Waals surface area contributed by atoms with Crippen molar-refractivity contribution in [3.63, 3.8) is 0 Å². The summed E-state index contributed by atoms with van der Waals surface area (Å²) in [5, 5.41) is 23.0. The number of benzene rings is 2. The minimum absolute atomic E-state index is 0.0436. The number of morpholine rings is 1. The molecule has 1 unspecified atom stereocenters. The van der Waals surface area contributed by atoms with Crippen LogP contribution in [0.25, 0.3) is 10.9 Å². The Morgan fingerprint density at radius 2 is 1.77 bits per heavy atom. The number of methoxy groups -OCH3 is 1. The van der Waals surface area contributed by atoms with Gasteiger partial charge in [0.1, 0.15) is 5.75 Å². The highest BCUT2D eigenvalue weighted by Gasteiger charge is 2.35. The van der Waals surface area contributed by atoms with E-state index in [4.69, 9.17) is 9.47 Å². The smallest absolute Gasteiger partial charge is 0.194 e. The lowest BCUT2D eigenvalue weighted by Crippen LogP contribution is -2.43. The molecule has 2 saturated heterocycles. The summed E-state index contributed by atoms with van der Waals surface area (Å²) in [4.78, 5) is 9.64. The number of thioether (sulfide) groups is 1. The molecule has 0 spiro atoms. The number of nitrogens with zero attached hydrogens (tertiary/aromatic N) is 3. The van der Waals surface area contributed by atoms with Crippen molar-refractivity contribution >= 4 is 22.7 Å². The molecular weight excluding hydrogens is 579 g/mol. The van der Waals surface area contributed by atoms with E-state index in [-0.39, 0.29) is 12.0 Å². The van der Waals surface area contributed by atoms with Crippen molar-refractivity contribution in [2.24, 2.45) is 5.41 Å². The summed E-state index contributed by atoms with van der Waals surface area (Å²) in [5.41, 5.74) is 2.36. The van der Waals surface area contributed by atoms with Gasteiger partial charge in [-0.25, -0.2) is 13.2 Å². The quantitative estimate of drug-likeness (QED) is 0.212. The van der Waals surface area contributed by atoms with Gasteiger partial charge in [0.25, 0.3) is 0 Å². The maximum Gasteiger partial charge on any atom is 0.194 e. The molecule has 11 heteroatoms. The third-order valence-electron chi connectivity index (χ3n) is 8.86. The van der Waals surface area contributed by atoms with Crippen molar-refractivity contribution < 1.29 is 32.9 Å². The van der Waals surface area contributed by atoms with E-state index in [1.165, 1.54) is 11.8 Å². The van der Waals surface area contributed by atoms with E-state index < -0.39 is 23.6 Å². The maximum absolute atomic E-state index is 13.5. The molecule has 5 rings (SSSR count). The average molecular weight is 620 g/mol. The fraction of sp³-hybridized carbons (Fsp3) is 0.531. The van der Waals surface area contributed by atoms with E-state index in [0.29, 0.717) is 55.5 Å². The van der Waals surface area contributed by atoms with Gasteiger partial charge in [-0.2, -0.15) is 0 Å². The third kappa shape index (κ3) is 7.82. The number of fused-ring (bicyclic) bond motifs is 1. The average Bonchev–Trinajstić information content (AvgIpc) is 3.03. The van der Waals surface area contributed by atoms with Crippen LogP contribution in [0.4, 0.5) is 13.2 Å². The number of aromatic nitrogens is 1. The number of aliphatic hydroxyl groups is 2. The van der Waals surface area contributed by atoms with E-state index in [1.807, 2.05) is 24.4 Å². The van der Waals surface area contributed by atoms with Crippen LogP contribution in [0, 0.1) is 22.9 Å². The van der Waals surface area contributed by atoms with E-state index in [9.17, 15) is 23.4 Å². The van der Waals surface area contributed by atoms with Crippen molar-refractivity contribution in [3.8, 4) is 5.75 Å². The molecule has 1 atom stereocenters. The van der Waals surface area contributed by atoms with Crippen LogP contribution < -0.4 is 4.74 Å². The topological polar surface area (TPSA) is 78.3 Å². The number of rotatable bonds is 12. The summed E-state index contributed by atoms with van der Waals surface area (Å²) < 4.78 is 51.3. The highest BCUT2D eigenvalue weighted by atomic mass is 32.2. The van der Waals surface area contributed by atoms with Crippen LogP contribution in [-0.2, 0) is 11.3 Å². The molecule has 43 heavy (non-hydrogen) atoms. The third-order valence-corrected chi connectivity index (χ3v) is 9.82. The largest absolute Gasteiger partial charge is 0.497 e. The molecule has 0 aliphatic carbocycles. The Kier molecular flexibility index (Phi) is 10.8. The zero-order valence-corrected chi connectivity index (χ0v) is 25.4. The van der Waals surface area contributed by atoms with Crippen LogP contribution in [0.5, 0.6) is 5.75 Å². The Hall–Kier alpha value is -2.41. The summed E-state index contributed by atoms with van der Waals surface area (Å²) in [6, 6.07) is 7.77.